The average molecular weight is 385 g/mol. The number of ether oxygens (including phenoxy) is 3. The maximum Gasteiger partial charge on any atom is 0.210 e. The Morgan fingerprint density at radius 2 is 1.70 bits per heavy atom. The molecule has 0 spiro atoms. The van der Waals surface area contributed by atoms with Crippen molar-refractivity contribution in [2.75, 3.05) is 32.4 Å². The van der Waals surface area contributed by atoms with Crippen molar-refractivity contribution in [1.82, 2.24) is 4.98 Å². The summed E-state index contributed by atoms with van der Waals surface area (Å²) in [5.41, 5.74) is 7.17. The van der Waals surface area contributed by atoms with E-state index in [2.05, 4.69) is 10.3 Å². The van der Waals surface area contributed by atoms with Gasteiger partial charge in [-0.1, -0.05) is 29.5 Å². The second-order valence-corrected chi connectivity index (χ2v) is 6.43. The molecule has 3 rings (SSSR count). The molecule has 0 aliphatic heterocycles. The van der Waals surface area contributed by atoms with Gasteiger partial charge in [-0.25, -0.2) is 4.98 Å². The number of rotatable bonds is 7. The first kappa shape index (κ1) is 18.5. The number of nitrogens with one attached hydrogen (secondary N) is 1. The summed E-state index contributed by atoms with van der Waals surface area (Å²) in [5.74, 6) is 0.947. The van der Waals surface area contributed by atoms with Crippen LogP contribution in [0.5, 0.6) is 17.2 Å². The molecule has 0 saturated carbocycles. The Balaban J connectivity index is 1.97. The van der Waals surface area contributed by atoms with Crippen LogP contribution in [0, 0.1) is 0 Å². The molecule has 0 amide bonds. The first-order valence-electron chi connectivity index (χ1n) is 8.01. The van der Waals surface area contributed by atoms with Crippen molar-refractivity contribution in [2.24, 2.45) is 0 Å². The third-order valence-electron chi connectivity index (χ3n) is 3.83. The number of nitrogen functional groups attached to an aromatic ring is 1. The summed E-state index contributed by atoms with van der Waals surface area (Å²) in [6.45, 7) is 0. The molecule has 8 heteroatoms. The van der Waals surface area contributed by atoms with Crippen LogP contribution in [0.2, 0.25) is 0 Å². The molecule has 2 aromatic carbocycles. The average Bonchev–Trinajstić information content (AvgIpc) is 3.06. The molecule has 0 saturated heterocycles. The predicted octanol–water partition coefficient (Wildman–Crippen LogP) is 3.73. The van der Waals surface area contributed by atoms with Crippen LogP contribution in [-0.4, -0.2) is 32.1 Å². The van der Waals surface area contributed by atoms with Gasteiger partial charge in [0.25, 0.3) is 0 Å². The fraction of sp³-hybridized carbons (Fsp3) is 0.158. The van der Waals surface area contributed by atoms with Crippen LogP contribution in [0.4, 0.5) is 16.6 Å². The molecule has 0 aliphatic carbocycles. The van der Waals surface area contributed by atoms with Crippen LogP contribution >= 0.6 is 11.3 Å². The Bertz CT molecular complexity index is 957. The van der Waals surface area contributed by atoms with Crippen LogP contribution in [0.3, 0.4) is 0 Å². The van der Waals surface area contributed by atoms with E-state index in [0.717, 1.165) is 5.69 Å². The van der Waals surface area contributed by atoms with Gasteiger partial charge in [-0.2, -0.15) is 0 Å². The second-order valence-electron chi connectivity index (χ2n) is 5.44. The van der Waals surface area contributed by atoms with E-state index in [1.54, 1.807) is 12.1 Å². The molecule has 1 heterocycles. The van der Waals surface area contributed by atoms with Gasteiger partial charge < -0.3 is 25.3 Å². The smallest absolute Gasteiger partial charge is 0.210 e. The van der Waals surface area contributed by atoms with E-state index in [1.807, 2.05) is 30.3 Å². The number of carbonyl (C=O) groups is 1. The minimum absolute atomic E-state index is 0.153. The van der Waals surface area contributed by atoms with Crippen molar-refractivity contribution < 1.29 is 19.0 Å². The maximum absolute atomic E-state index is 13.1. The highest BCUT2D eigenvalue weighted by Crippen LogP contribution is 2.41. The molecule has 0 atom stereocenters. The first-order valence-corrected chi connectivity index (χ1v) is 8.82. The van der Waals surface area contributed by atoms with Crippen molar-refractivity contribution in [3.8, 4) is 17.2 Å². The zero-order valence-electron chi connectivity index (χ0n) is 15.1. The van der Waals surface area contributed by atoms with Crippen LogP contribution in [0.25, 0.3) is 0 Å². The monoisotopic (exact) mass is 385 g/mol. The summed E-state index contributed by atoms with van der Waals surface area (Å²) < 4.78 is 16.0. The summed E-state index contributed by atoms with van der Waals surface area (Å²) in [4.78, 5) is 17.6. The molecule has 0 aliphatic rings. The van der Waals surface area contributed by atoms with Crippen LogP contribution in [0.1, 0.15) is 15.2 Å². The quantitative estimate of drug-likeness (QED) is 0.598. The molecule has 0 radical (unpaired) electrons. The van der Waals surface area contributed by atoms with Gasteiger partial charge in [-0.05, 0) is 24.3 Å². The number of nitrogens with zero attached hydrogens (tertiary/aromatic N) is 1. The fourth-order valence-electron chi connectivity index (χ4n) is 2.60. The lowest BCUT2D eigenvalue weighted by Crippen LogP contribution is -2.06. The van der Waals surface area contributed by atoms with E-state index in [1.165, 1.54) is 32.7 Å². The molecule has 140 valence electrons. The van der Waals surface area contributed by atoms with Crippen LogP contribution in [0.15, 0.2) is 42.5 Å². The summed E-state index contributed by atoms with van der Waals surface area (Å²) in [6.07, 6.45) is 0. The van der Waals surface area contributed by atoms with E-state index in [9.17, 15) is 4.79 Å². The summed E-state index contributed by atoms with van der Waals surface area (Å²) in [7, 11) is 4.46. The standard InChI is InChI=1S/C19H19N3O4S/c1-24-13-10-9-12(15(25-2)16(13)26-3)14(23)17-18(20)22-19(27-17)21-11-7-5-4-6-8-11/h4-10H,20H2,1-3H3,(H,21,22). The largest absolute Gasteiger partial charge is 0.493 e. The van der Waals surface area contributed by atoms with Gasteiger partial charge in [0.05, 0.1) is 26.9 Å². The Morgan fingerprint density at radius 1 is 1.00 bits per heavy atom. The third-order valence-corrected chi connectivity index (χ3v) is 4.82. The number of carbonyl (C=O) groups excluding carboxylic acids is 1. The number of hydrogen-bond acceptors (Lipinski definition) is 8. The highest BCUT2D eigenvalue weighted by atomic mass is 32.1. The fourth-order valence-corrected chi connectivity index (χ4v) is 3.45. The van der Waals surface area contributed by atoms with Gasteiger partial charge in [0.1, 0.15) is 10.7 Å². The molecular weight excluding hydrogens is 366 g/mol. The SMILES string of the molecule is COc1ccc(C(=O)c2sc(Nc3ccccc3)nc2N)c(OC)c1OC. The molecule has 0 unspecified atom stereocenters. The molecular formula is C19H19N3O4S. The summed E-state index contributed by atoms with van der Waals surface area (Å²) >= 11 is 1.18. The Labute approximate surface area is 160 Å². The van der Waals surface area contributed by atoms with Crippen LogP contribution < -0.4 is 25.3 Å². The number of para-hydroxylation sites is 1. The molecule has 0 bridgehead atoms. The Kier molecular flexibility index (Phi) is 5.46. The third kappa shape index (κ3) is 3.65. The molecule has 27 heavy (non-hydrogen) atoms. The zero-order chi connectivity index (χ0) is 19.4. The van der Waals surface area contributed by atoms with Crippen LogP contribution in [-0.2, 0) is 0 Å². The first-order chi connectivity index (χ1) is 13.1. The highest BCUT2D eigenvalue weighted by Gasteiger charge is 2.25. The summed E-state index contributed by atoms with van der Waals surface area (Å²) in [5, 5.41) is 3.67. The van der Waals surface area contributed by atoms with Gasteiger partial charge >= 0.3 is 0 Å². The number of nitrogens with two attached hydrogens (primary N) is 1. The van der Waals surface area contributed by atoms with Gasteiger partial charge in [0.2, 0.25) is 11.5 Å². The highest BCUT2D eigenvalue weighted by molar-refractivity contribution is 7.18. The Morgan fingerprint density at radius 3 is 2.33 bits per heavy atom. The van der Waals surface area contributed by atoms with E-state index in [-0.39, 0.29) is 17.4 Å². The van der Waals surface area contributed by atoms with Crippen molar-refractivity contribution in [1.29, 1.82) is 0 Å². The second kappa shape index (κ2) is 7.96. The minimum atomic E-state index is -0.302. The van der Waals surface area contributed by atoms with E-state index in [4.69, 9.17) is 19.9 Å². The van der Waals surface area contributed by atoms with E-state index < -0.39 is 0 Å². The lowest BCUT2D eigenvalue weighted by atomic mass is 10.1. The minimum Gasteiger partial charge on any atom is -0.493 e. The zero-order valence-corrected chi connectivity index (χ0v) is 15.9. The number of ketones is 1. The number of hydrogen-bond donors (Lipinski definition) is 2. The van der Waals surface area contributed by atoms with E-state index in [0.29, 0.717) is 27.1 Å². The summed E-state index contributed by atoms with van der Waals surface area (Å²) in [6, 6.07) is 12.8. The number of methoxy groups -OCH3 is 3. The van der Waals surface area contributed by atoms with Gasteiger partial charge in [0.15, 0.2) is 16.6 Å². The van der Waals surface area contributed by atoms with Crippen molar-refractivity contribution in [2.45, 2.75) is 0 Å². The normalized spacial score (nSPS) is 10.3. The maximum atomic E-state index is 13.1. The lowest BCUT2D eigenvalue weighted by molar-refractivity contribution is 0.103. The molecule has 3 aromatic rings. The Hall–Kier alpha value is -3.26. The number of thiazole rings is 1. The predicted molar refractivity (Wildman–Crippen MR) is 106 cm³/mol. The number of benzene rings is 2. The van der Waals surface area contributed by atoms with E-state index >= 15 is 0 Å². The number of anilines is 3. The topological polar surface area (TPSA) is 95.7 Å². The lowest BCUT2D eigenvalue weighted by Gasteiger charge is -2.14. The van der Waals surface area contributed by atoms with Crippen molar-refractivity contribution >= 4 is 33.8 Å². The molecule has 3 N–H and O–H groups in total. The molecule has 1 aromatic heterocycles. The molecule has 0 fully saturated rings. The number of aromatic nitrogens is 1. The molecule has 7 nitrogen and oxygen atoms in total. The van der Waals surface area contributed by atoms with Gasteiger partial charge in [-0.3, -0.25) is 4.79 Å². The van der Waals surface area contributed by atoms with Crippen molar-refractivity contribution in [3.63, 3.8) is 0 Å². The van der Waals surface area contributed by atoms with Crippen molar-refractivity contribution in [3.05, 3.63) is 52.9 Å². The van der Waals surface area contributed by atoms with Gasteiger partial charge in [0, 0.05) is 5.69 Å². The van der Waals surface area contributed by atoms with Gasteiger partial charge in [-0.15, -0.1) is 0 Å².